The zero-order valence-corrected chi connectivity index (χ0v) is 19.0. The molecule has 31 heavy (non-hydrogen) atoms. The first-order chi connectivity index (χ1) is 14.2. The van der Waals surface area contributed by atoms with Gasteiger partial charge in [0.25, 0.3) is 0 Å². The molecule has 1 aromatic carbocycles. The summed E-state index contributed by atoms with van der Waals surface area (Å²) >= 11 is 0. The molecule has 0 saturated heterocycles. The third-order valence-corrected chi connectivity index (χ3v) is 5.00. The Hall–Kier alpha value is -2.97. The first kappa shape index (κ1) is 24.3. The molecule has 0 spiro atoms. The van der Waals surface area contributed by atoms with Crippen LogP contribution in [0.2, 0.25) is 0 Å². The summed E-state index contributed by atoms with van der Waals surface area (Å²) in [7, 11) is 1.20. The number of amides is 2. The number of halogens is 1. The molecule has 0 unspecified atom stereocenters. The fourth-order valence-electron chi connectivity index (χ4n) is 3.01. The number of hydrogen-bond acceptors (Lipinski definition) is 6. The van der Waals surface area contributed by atoms with Gasteiger partial charge in [0.05, 0.1) is 31.2 Å². The van der Waals surface area contributed by atoms with Crippen molar-refractivity contribution >= 4 is 23.9 Å². The SMILES string of the molecule is COC(=O)c1cc(F)cc(CN2C(=O)C[C@@](C)(C(C)C)N=C2NC(=O)OC(C)(C)C)c1. The Labute approximate surface area is 181 Å². The Bertz CT molecular complexity index is 907. The topological polar surface area (TPSA) is 97.3 Å². The van der Waals surface area contributed by atoms with E-state index in [1.54, 1.807) is 20.8 Å². The second-order valence-corrected chi connectivity index (χ2v) is 9.07. The molecule has 170 valence electrons. The van der Waals surface area contributed by atoms with Crippen LogP contribution in [-0.4, -0.2) is 47.1 Å². The maximum absolute atomic E-state index is 14.1. The summed E-state index contributed by atoms with van der Waals surface area (Å²) in [6.07, 6.45) is -0.643. The Morgan fingerprint density at radius 3 is 2.48 bits per heavy atom. The molecule has 8 nitrogen and oxygen atoms in total. The third-order valence-electron chi connectivity index (χ3n) is 5.00. The molecule has 1 aliphatic rings. The number of alkyl carbamates (subject to hydrolysis) is 1. The van der Waals surface area contributed by atoms with Gasteiger partial charge in [0, 0.05) is 0 Å². The van der Waals surface area contributed by atoms with Crippen LogP contribution in [-0.2, 0) is 20.8 Å². The largest absolute Gasteiger partial charge is 0.465 e. The monoisotopic (exact) mass is 435 g/mol. The first-order valence-electron chi connectivity index (χ1n) is 10.0. The van der Waals surface area contributed by atoms with Gasteiger partial charge in [0.1, 0.15) is 11.4 Å². The van der Waals surface area contributed by atoms with E-state index in [0.29, 0.717) is 5.56 Å². The molecule has 0 aliphatic carbocycles. The highest BCUT2D eigenvalue weighted by atomic mass is 19.1. The quantitative estimate of drug-likeness (QED) is 0.729. The van der Waals surface area contributed by atoms with Gasteiger partial charge in [0.15, 0.2) is 0 Å². The number of carbonyl (C=O) groups is 3. The molecule has 0 radical (unpaired) electrons. The molecule has 0 bridgehead atoms. The summed E-state index contributed by atoms with van der Waals surface area (Å²) in [5.41, 5.74) is -1.10. The lowest BCUT2D eigenvalue weighted by Gasteiger charge is -2.38. The average Bonchev–Trinajstić information content (AvgIpc) is 2.61. The number of benzene rings is 1. The maximum atomic E-state index is 14.1. The molecule has 2 amide bonds. The van der Waals surface area contributed by atoms with Crippen molar-refractivity contribution in [2.24, 2.45) is 10.9 Å². The molecular formula is C22H30FN3O5. The highest BCUT2D eigenvalue weighted by molar-refractivity contribution is 6.05. The highest BCUT2D eigenvalue weighted by Gasteiger charge is 2.40. The van der Waals surface area contributed by atoms with Crippen LogP contribution in [0.25, 0.3) is 0 Å². The van der Waals surface area contributed by atoms with Gasteiger partial charge in [-0.3, -0.25) is 15.0 Å². The van der Waals surface area contributed by atoms with Gasteiger partial charge in [-0.2, -0.15) is 0 Å². The smallest absolute Gasteiger partial charge is 0.414 e. The molecule has 1 atom stereocenters. The van der Waals surface area contributed by atoms with E-state index in [2.05, 4.69) is 15.0 Å². The molecule has 1 N–H and O–H groups in total. The minimum atomic E-state index is -0.758. The van der Waals surface area contributed by atoms with Crippen LogP contribution < -0.4 is 5.32 Å². The molecular weight excluding hydrogens is 405 g/mol. The predicted molar refractivity (Wildman–Crippen MR) is 113 cm³/mol. The Balaban J connectivity index is 2.41. The van der Waals surface area contributed by atoms with Crippen molar-refractivity contribution in [2.75, 3.05) is 7.11 Å². The van der Waals surface area contributed by atoms with E-state index in [4.69, 9.17) is 4.74 Å². The molecule has 1 aliphatic heterocycles. The minimum absolute atomic E-state index is 0.0191. The summed E-state index contributed by atoms with van der Waals surface area (Å²) in [5.74, 6) is -1.59. The van der Waals surface area contributed by atoms with Crippen LogP contribution >= 0.6 is 0 Å². The van der Waals surface area contributed by atoms with Crippen LogP contribution in [0, 0.1) is 11.7 Å². The van der Waals surface area contributed by atoms with E-state index in [1.165, 1.54) is 24.1 Å². The van der Waals surface area contributed by atoms with Crippen molar-refractivity contribution in [3.8, 4) is 0 Å². The normalized spacial score (nSPS) is 19.2. The standard InChI is InChI=1S/C22H30FN3O5/c1-13(2)22(6)11-17(27)26(19(25-22)24-20(29)31-21(3,4)5)12-14-8-15(18(28)30-7)10-16(23)9-14/h8-10,13H,11-12H2,1-7H3,(H,24,25,29)/t22-/m0/s1. The van der Waals surface area contributed by atoms with Crippen molar-refractivity contribution in [3.05, 3.63) is 35.1 Å². The predicted octanol–water partition coefficient (Wildman–Crippen LogP) is 3.64. The van der Waals surface area contributed by atoms with Crippen LogP contribution in [0.1, 0.15) is 63.9 Å². The number of hydrogen-bond donors (Lipinski definition) is 1. The lowest BCUT2D eigenvalue weighted by Crippen LogP contribution is -2.55. The highest BCUT2D eigenvalue weighted by Crippen LogP contribution is 2.31. The van der Waals surface area contributed by atoms with Gasteiger partial charge in [-0.25, -0.2) is 19.0 Å². The molecule has 0 saturated carbocycles. The lowest BCUT2D eigenvalue weighted by molar-refractivity contribution is -0.130. The number of nitrogens with zero attached hydrogens (tertiary/aromatic N) is 2. The number of rotatable bonds is 4. The number of carbonyl (C=O) groups excluding carboxylic acids is 3. The first-order valence-corrected chi connectivity index (χ1v) is 10.0. The number of guanidine groups is 1. The van der Waals surface area contributed by atoms with E-state index in [9.17, 15) is 18.8 Å². The Morgan fingerprint density at radius 2 is 1.94 bits per heavy atom. The van der Waals surface area contributed by atoms with Gasteiger partial charge in [-0.15, -0.1) is 0 Å². The molecule has 1 aromatic rings. The van der Waals surface area contributed by atoms with Crippen molar-refractivity contribution < 1.29 is 28.2 Å². The second kappa shape index (κ2) is 9.03. The summed E-state index contributed by atoms with van der Waals surface area (Å²) in [5, 5.41) is 2.56. The van der Waals surface area contributed by atoms with Gasteiger partial charge in [0.2, 0.25) is 11.9 Å². The number of nitrogens with one attached hydrogen (secondary N) is 1. The average molecular weight is 435 g/mol. The van der Waals surface area contributed by atoms with E-state index in [0.717, 1.165) is 6.07 Å². The summed E-state index contributed by atoms with van der Waals surface area (Å²) in [4.78, 5) is 43.1. The number of aliphatic imine (C=N–C) groups is 1. The zero-order chi connectivity index (χ0) is 23.6. The van der Waals surface area contributed by atoms with Crippen LogP contribution in [0.5, 0.6) is 0 Å². The lowest BCUT2D eigenvalue weighted by atomic mass is 9.84. The Morgan fingerprint density at radius 1 is 1.29 bits per heavy atom. The fourth-order valence-corrected chi connectivity index (χ4v) is 3.01. The molecule has 0 aromatic heterocycles. The van der Waals surface area contributed by atoms with Crippen molar-refractivity contribution in [1.29, 1.82) is 0 Å². The summed E-state index contributed by atoms with van der Waals surface area (Å²) in [6, 6.07) is 3.70. The van der Waals surface area contributed by atoms with Crippen molar-refractivity contribution in [3.63, 3.8) is 0 Å². The van der Waals surface area contributed by atoms with Crippen LogP contribution in [0.15, 0.2) is 23.2 Å². The van der Waals surface area contributed by atoms with Gasteiger partial charge in [-0.05, 0) is 57.4 Å². The second-order valence-electron chi connectivity index (χ2n) is 9.07. The maximum Gasteiger partial charge on any atom is 0.414 e. The zero-order valence-electron chi connectivity index (χ0n) is 19.0. The van der Waals surface area contributed by atoms with Gasteiger partial charge >= 0.3 is 12.1 Å². The van der Waals surface area contributed by atoms with E-state index >= 15 is 0 Å². The fraction of sp³-hybridized carbons (Fsp3) is 0.545. The molecule has 1 heterocycles. The van der Waals surface area contributed by atoms with E-state index < -0.39 is 29.0 Å². The van der Waals surface area contributed by atoms with Crippen LogP contribution in [0.4, 0.5) is 9.18 Å². The third kappa shape index (κ3) is 6.26. The molecule has 0 fully saturated rings. The number of esters is 1. The molecule has 9 heteroatoms. The van der Waals surface area contributed by atoms with E-state index in [1.807, 2.05) is 20.8 Å². The van der Waals surface area contributed by atoms with E-state index in [-0.39, 0.29) is 36.3 Å². The summed E-state index contributed by atoms with van der Waals surface area (Å²) < 4.78 is 24.0. The summed E-state index contributed by atoms with van der Waals surface area (Å²) in [6.45, 7) is 10.8. The minimum Gasteiger partial charge on any atom is -0.465 e. The van der Waals surface area contributed by atoms with Crippen LogP contribution in [0.3, 0.4) is 0 Å². The van der Waals surface area contributed by atoms with Crippen molar-refractivity contribution in [1.82, 2.24) is 10.2 Å². The number of ether oxygens (including phenoxy) is 2. The van der Waals surface area contributed by atoms with Crippen molar-refractivity contribution in [2.45, 2.75) is 65.6 Å². The Kier molecular flexibility index (Phi) is 7.08. The number of methoxy groups -OCH3 is 1. The molecule has 2 rings (SSSR count). The van der Waals surface area contributed by atoms with Gasteiger partial charge in [-0.1, -0.05) is 13.8 Å². The van der Waals surface area contributed by atoms with Gasteiger partial charge < -0.3 is 9.47 Å².